The minimum Gasteiger partial charge on any atom is -0.0958 e. The standard InChI is InChI=1S/C20H32/c1-16(2)20-14-12-18(4)10-6-8-17(3)9-7-11-19(5)13-15-20/h8,11-12,14,16,20H,4,6-7,9-10,13,15H2,1-3,5H3/b14-12+,17-8+,19-11+/t20-/m0/s1. The van der Waals surface area contributed by atoms with E-state index < -0.39 is 0 Å². The van der Waals surface area contributed by atoms with Crippen LogP contribution >= 0.6 is 0 Å². The summed E-state index contributed by atoms with van der Waals surface area (Å²) in [6.07, 6.45) is 16.6. The second kappa shape index (κ2) is 9.00. The molecule has 0 unspecified atom stereocenters. The number of hydrogen-bond acceptors (Lipinski definition) is 0. The summed E-state index contributed by atoms with van der Waals surface area (Å²) in [4.78, 5) is 0. The number of allylic oxidation sites excluding steroid dienone is 7. The van der Waals surface area contributed by atoms with Gasteiger partial charge >= 0.3 is 0 Å². The van der Waals surface area contributed by atoms with Crippen molar-refractivity contribution < 1.29 is 0 Å². The Kier molecular flexibility index (Phi) is 7.65. The van der Waals surface area contributed by atoms with Gasteiger partial charge in [0.25, 0.3) is 0 Å². The molecule has 0 heteroatoms. The van der Waals surface area contributed by atoms with E-state index in [1.807, 2.05) is 0 Å². The van der Waals surface area contributed by atoms with Gasteiger partial charge in [-0.25, -0.2) is 0 Å². The average molecular weight is 272 g/mol. The first kappa shape index (κ1) is 17.0. The Morgan fingerprint density at radius 3 is 2.25 bits per heavy atom. The lowest BCUT2D eigenvalue weighted by Crippen LogP contribution is -2.06. The molecule has 112 valence electrons. The maximum Gasteiger partial charge on any atom is -0.0204 e. The fourth-order valence-corrected chi connectivity index (χ4v) is 2.64. The summed E-state index contributed by atoms with van der Waals surface area (Å²) in [6.45, 7) is 13.4. The van der Waals surface area contributed by atoms with Crippen LogP contribution < -0.4 is 0 Å². The summed E-state index contributed by atoms with van der Waals surface area (Å²) in [5.41, 5.74) is 4.33. The van der Waals surface area contributed by atoms with Gasteiger partial charge in [0.15, 0.2) is 0 Å². The lowest BCUT2D eigenvalue weighted by atomic mass is 9.88. The van der Waals surface area contributed by atoms with Crippen LogP contribution in [0.4, 0.5) is 0 Å². The van der Waals surface area contributed by atoms with Gasteiger partial charge < -0.3 is 0 Å². The van der Waals surface area contributed by atoms with Crippen LogP contribution in [0.25, 0.3) is 0 Å². The third kappa shape index (κ3) is 6.93. The van der Waals surface area contributed by atoms with Gasteiger partial charge in [-0.05, 0) is 64.2 Å². The second-order valence-electron chi connectivity index (χ2n) is 6.64. The van der Waals surface area contributed by atoms with Crippen molar-refractivity contribution in [3.05, 3.63) is 47.6 Å². The van der Waals surface area contributed by atoms with Crippen LogP contribution in [-0.4, -0.2) is 0 Å². The molecule has 1 rings (SSSR count). The van der Waals surface area contributed by atoms with Crippen molar-refractivity contribution in [2.24, 2.45) is 11.8 Å². The molecule has 1 aliphatic rings. The topological polar surface area (TPSA) is 0 Å². The summed E-state index contributed by atoms with van der Waals surface area (Å²) in [5.74, 6) is 1.39. The van der Waals surface area contributed by atoms with Gasteiger partial charge in [-0.1, -0.05) is 61.4 Å². The fourth-order valence-electron chi connectivity index (χ4n) is 2.64. The van der Waals surface area contributed by atoms with E-state index in [2.05, 4.69) is 58.6 Å². The predicted octanol–water partition coefficient (Wildman–Crippen LogP) is 6.62. The molecule has 0 aliphatic heterocycles. The van der Waals surface area contributed by atoms with Crippen LogP contribution in [-0.2, 0) is 0 Å². The molecule has 0 heterocycles. The van der Waals surface area contributed by atoms with Gasteiger partial charge in [0, 0.05) is 0 Å². The van der Waals surface area contributed by atoms with Crippen molar-refractivity contribution in [2.75, 3.05) is 0 Å². The van der Waals surface area contributed by atoms with Crippen LogP contribution in [0.2, 0.25) is 0 Å². The molecule has 0 amide bonds. The first-order valence-electron chi connectivity index (χ1n) is 8.16. The Balaban J connectivity index is 2.78. The first-order chi connectivity index (χ1) is 9.49. The van der Waals surface area contributed by atoms with E-state index in [1.165, 1.54) is 36.8 Å². The molecule has 0 bridgehead atoms. The van der Waals surface area contributed by atoms with Crippen molar-refractivity contribution in [3.63, 3.8) is 0 Å². The van der Waals surface area contributed by atoms with Gasteiger partial charge in [-0.3, -0.25) is 0 Å². The fraction of sp³-hybridized carbons (Fsp3) is 0.600. The molecule has 20 heavy (non-hydrogen) atoms. The van der Waals surface area contributed by atoms with E-state index >= 15 is 0 Å². The summed E-state index contributed by atoms with van der Waals surface area (Å²) in [6, 6.07) is 0. The quantitative estimate of drug-likeness (QED) is 0.471. The Bertz CT molecular complexity index is 390. The van der Waals surface area contributed by atoms with Crippen LogP contribution in [0, 0.1) is 11.8 Å². The SMILES string of the molecule is C=C1/C=C/[C@H](C(C)C)CC/C(C)=C/CC/C(C)=C/CC1. The highest BCUT2D eigenvalue weighted by atomic mass is 14.2. The Labute approximate surface area is 126 Å². The van der Waals surface area contributed by atoms with Gasteiger partial charge in [-0.2, -0.15) is 0 Å². The van der Waals surface area contributed by atoms with Crippen molar-refractivity contribution in [1.82, 2.24) is 0 Å². The van der Waals surface area contributed by atoms with E-state index in [0.717, 1.165) is 12.8 Å². The minimum atomic E-state index is 0.676. The lowest BCUT2D eigenvalue weighted by Gasteiger charge is -2.17. The molecule has 0 nitrogen and oxygen atoms in total. The smallest absolute Gasteiger partial charge is 0.0204 e. The van der Waals surface area contributed by atoms with Crippen LogP contribution in [0.5, 0.6) is 0 Å². The number of hydrogen-bond donors (Lipinski definition) is 0. The van der Waals surface area contributed by atoms with Crippen molar-refractivity contribution in [3.8, 4) is 0 Å². The molecule has 0 saturated carbocycles. The van der Waals surface area contributed by atoms with Crippen molar-refractivity contribution in [2.45, 2.75) is 66.2 Å². The maximum absolute atomic E-state index is 4.19. The normalized spacial score (nSPS) is 30.1. The predicted molar refractivity (Wildman–Crippen MR) is 91.8 cm³/mol. The largest absolute Gasteiger partial charge is 0.0958 e. The minimum absolute atomic E-state index is 0.676. The van der Waals surface area contributed by atoms with E-state index in [1.54, 1.807) is 5.57 Å². The summed E-state index contributed by atoms with van der Waals surface area (Å²) in [5, 5.41) is 0. The zero-order chi connectivity index (χ0) is 15.0. The van der Waals surface area contributed by atoms with E-state index in [9.17, 15) is 0 Å². The molecule has 0 saturated heterocycles. The van der Waals surface area contributed by atoms with E-state index in [0.29, 0.717) is 11.8 Å². The van der Waals surface area contributed by atoms with Gasteiger partial charge in [-0.15, -0.1) is 0 Å². The second-order valence-corrected chi connectivity index (χ2v) is 6.64. The van der Waals surface area contributed by atoms with Crippen LogP contribution in [0.15, 0.2) is 47.6 Å². The molecular weight excluding hydrogens is 240 g/mol. The molecule has 0 radical (unpaired) electrons. The average Bonchev–Trinajstić information content (AvgIpc) is 2.37. The Morgan fingerprint density at radius 2 is 1.60 bits per heavy atom. The lowest BCUT2D eigenvalue weighted by molar-refractivity contribution is 0.435. The molecule has 0 fully saturated rings. The molecule has 0 aromatic heterocycles. The van der Waals surface area contributed by atoms with Crippen molar-refractivity contribution in [1.29, 1.82) is 0 Å². The highest BCUT2D eigenvalue weighted by Gasteiger charge is 2.10. The maximum atomic E-state index is 4.19. The molecule has 0 N–H and O–H groups in total. The number of rotatable bonds is 1. The molecule has 0 aromatic carbocycles. The highest BCUT2D eigenvalue weighted by Crippen LogP contribution is 2.23. The summed E-state index contributed by atoms with van der Waals surface area (Å²) < 4.78 is 0. The van der Waals surface area contributed by atoms with Gasteiger partial charge in [0.2, 0.25) is 0 Å². The van der Waals surface area contributed by atoms with E-state index in [-0.39, 0.29) is 0 Å². The third-order valence-electron chi connectivity index (χ3n) is 4.30. The Hall–Kier alpha value is -1.04. The van der Waals surface area contributed by atoms with Crippen LogP contribution in [0.1, 0.15) is 66.2 Å². The van der Waals surface area contributed by atoms with Gasteiger partial charge in [0.05, 0.1) is 0 Å². The zero-order valence-electron chi connectivity index (χ0n) is 13.9. The molecule has 0 spiro atoms. The van der Waals surface area contributed by atoms with Crippen molar-refractivity contribution >= 4 is 0 Å². The van der Waals surface area contributed by atoms with Gasteiger partial charge in [0.1, 0.15) is 0 Å². The summed E-state index contributed by atoms with van der Waals surface area (Å²) >= 11 is 0. The molecule has 1 atom stereocenters. The molecular formula is C20H32. The molecule has 0 aromatic rings. The van der Waals surface area contributed by atoms with E-state index in [4.69, 9.17) is 0 Å². The zero-order valence-corrected chi connectivity index (χ0v) is 13.9. The first-order valence-corrected chi connectivity index (χ1v) is 8.16. The van der Waals surface area contributed by atoms with Crippen LogP contribution in [0.3, 0.4) is 0 Å². The summed E-state index contributed by atoms with van der Waals surface area (Å²) in [7, 11) is 0. The highest BCUT2D eigenvalue weighted by molar-refractivity contribution is 5.17. The third-order valence-corrected chi connectivity index (χ3v) is 4.30. The molecule has 1 aliphatic carbocycles. The monoisotopic (exact) mass is 272 g/mol. The Morgan fingerprint density at radius 1 is 1.00 bits per heavy atom.